The van der Waals surface area contributed by atoms with Gasteiger partial charge in [-0.2, -0.15) is 0 Å². The van der Waals surface area contributed by atoms with E-state index in [2.05, 4.69) is 13.8 Å². The maximum Gasteiger partial charge on any atom is 0.316 e. The van der Waals surface area contributed by atoms with Crippen LogP contribution in [0.25, 0.3) is 0 Å². The summed E-state index contributed by atoms with van der Waals surface area (Å²) in [5.74, 6) is -1.51. The van der Waals surface area contributed by atoms with Crippen molar-refractivity contribution >= 4 is 17.9 Å². The number of hydrogen-bond donors (Lipinski definition) is 0. The van der Waals surface area contributed by atoms with E-state index in [0.717, 1.165) is 32.1 Å². The van der Waals surface area contributed by atoms with Crippen molar-refractivity contribution in [3.8, 4) is 0 Å². The molecule has 1 unspecified atom stereocenters. The van der Waals surface area contributed by atoms with Gasteiger partial charge in [0.1, 0.15) is 0 Å². The Balaban J connectivity index is 3.93. The van der Waals surface area contributed by atoms with E-state index in [1.54, 1.807) is 0 Å². The Labute approximate surface area is 216 Å². The summed E-state index contributed by atoms with van der Waals surface area (Å²) >= 11 is 0. The van der Waals surface area contributed by atoms with Crippen LogP contribution < -0.4 is 0 Å². The molecule has 0 aromatic rings. The lowest BCUT2D eigenvalue weighted by molar-refractivity contribution is -0.161. The van der Waals surface area contributed by atoms with Gasteiger partial charge in [0.15, 0.2) is 0 Å². The zero-order valence-corrected chi connectivity index (χ0v) is 23.4. The van der Waals surface area contributed by atoms with Crippen LogP contribution in [0.3, 0.4) is 0 Å². The lowest BCUT2D eigenvalue weighted by Crippen LogP contribution is -2.20. The molecule has 0 N–H and O–H groups in total. The van der Waals surface area contributed by atoms with Crippen LogP contribution in [-0.2, 0) is 23.9 Å². The molecule has 0 rings (SSSR count). The standard InChI is InChI=1S/C30H56O5/c1-4-6-8-10-12-14-16-18-20-23-28(30(33)35-27(3)31)24-22-25-29(32)34-26-21-19-17-15-13-11-9-7-5-2/h28H,4-26H2,1-3H3. The molecular weight excluding hydrogens is 440 g/mol. The number of hydrogen-bond acceptors (Lipinski definition) is 5. The van der Waals surface area contributed by atoms with Crippen LogP contribution >= 0.6 is 0 Å². The Bertz CT molecular complexity index is 517. The Morgan fingerprint density at radius 2 is 1.00 bits per heavy atom. The minimum absolute atomic E-state index is 0.189. The second-order valence-electron chi connectivity index (χ2n) is 10.2. The number of rotatable bonds is 25. The van der Waals surface area contributed by atoms with E-state index in [-0.39, 0.29) is 11.9 Å². The van der Waals surface area contributed by atoms with E-state index in [9.17, 15) is 14.4 Å². The lowest BCUT2D eigenvalue weighted by Gasteiger charge is -2.14. The van der Waals surface area contributed by atoms with Gasteiger partial charge >= 0.3 is 17.9 Å². The highest BCUT2D eigenvalue weighted by atomic mass is 16.6. The van der Waals surface area contributed by atoms with Crippen LogP contribution in [0.4, 0.5) is 0 Å². The monoisotopic (exact) mass is 496 g/mol. The molecule has 35 heavy (non-hydrogen) atoms. The summed E-state index contributed by atoms with van der Waals surface area (Å²) in [6, 6.07) is 0. The van der Waals surface area contributed by atoms with E-state index in [1.165, 1.54) is 96.8 Å². The lowest BCUT2D eigenvalue weighted by atomic mass is 9.95. The van der Waals surface area contributed by atoms with Gasteiger partial charge in [0, 0.05) is 13.3 Å². The summed E-state index contributed by atoms with van der Waals surface area (Å²) in [6.45, 7) is 6.22. The van der Waals surface area contributed by atoms with Gasteiger partial charge < -0.3 is 9.47 Å². The van der Waals surface area contributed by atoms with Crippen molar-refractivity contribution in [3.63, 3.8) is 0 Å². The molecule has 0 radical (unpaired) electrons. The van der Waals surface area contributed by atoms with E-state index in [1.807, 2.05) is 0 Å². The summed E-state index contributed by atoms with van der Waals surface area (Å²) < 4.78 is 10.2. The molecule has 0 aromatic carbocycles. The molecule has 0 heterocycles. The zero-order valence-electron chi connectivity index (χ0n) is 23.4. The fourth-order valence-corrected chi connectivity index (χ4v) is 4.47. The third-order valence-corrected chi connectivity index (χ3v) is 6.68. The average Bonchev–Trinajstić information content (AvgIpc) is 2.82. The molecule has 0 spiro atoms. The molecule has 1 atom stereocenters. The molecule has 0 aliphatic rings. The molecule has 0 aromatic heterocycles. The number of carbonyl (C=O) groups excluding carboxylic acids is 3. The molecule has 0 amide bonds. The topological polar surface area (TPSA) is 69.7 Å². The molecule has 0 saturated carbocycles. The van der Waals surface area contributed by atoms with Gasteiger partial charge in [-0.1, -0.05) is 123 Å². The molecule has 0 aliphatic heterocycles. The van der Waals surface area contributed by atoms with E-state index in [0.29, 0.717) is 25.9 Å². The van der Waals surface area contributed by atoms with Gasteiger partial charge in [-0.25, -0.2) is 0 Å². The van der Waals surface area contributed by atoms with Crippen molar-refractivity contribution in [2.45, 2.75) is 162 Å². The average molecular weight is 497 g/mol. The van der Waals surface area contributed by atoms with Gasteiger partial charge in [-0.3, -0.25) is 14.4 Å². The predicted octanol–water partition coefficient (Wildman–Crippen LogP) is 8.86. The third-order valence-electron chi connectivity index (χ3n) is 6.68. The molecule has 5 heteroatoms. The largest absolute Gasteiger partial charge is 0.466 e. The Morgan fingerprint density at radius 1 is 0.571 bits per heavy atom. The molecule has 5 nitrogen and oxygen atoms in total. The minimum Gasteiger partial charge on any atom is -0.466 e. The van der Waals surface area contributed by atoms with Crippen molar-refractivity contribution in [2.24, 2.45) is 5.92 Å². The molecule has 0 aliphatic carbocycles. The Kier molecular flexibility index (Phi) is 24.7. The molecule has 0 saturated heterocycles. The number of esters is 3. The maximum absolute atomic E-state index is 12.3. The van der Waals surface area contributed by atoms with Crippen LogP contribution in [0.1, 0.15) is 162 Å². The molecule has 206 valence electrons. The van der Waals surface area contributed by atoms with Crippen LogP contribution in [0.15, 0.2) is 0 Å². The van der Waals surface area contributed by atoms with Crippen molar-refractivity contribution in [1.29, 1.82) is 0 Å². The summed E-state index contributed by atoms with van der Waals surface area (Å²) in [7, 11) is 0. The van der Waals surface area contributed by atoms with Gasteiger partial charge in [-0.15, -0.1) is 0 Å². The highest BCUT2D eigenvalue weighted by Crippen LogP contribution is 2.20. The quantitative estimate of drug-likeness (QED) is 0.0717. The summed E-state index contributed by atoms with van der Waals surface area (Å²) in [6.07, 6.45) is 24.3. The summed E-state index contributed by atoms with van der Waals surface area (Å²) in [4.78, 5) is 35.6. The van der Waals surface area contributed by atoms with Crippen molar-refractivity contribution in [2.75, 3.05) is 6.61 Å². The van der Waals surface area contributed by atoms with Crippen LogP contribution in [0, 0.1) is 5.92 Å². The first-order chi connectivity index (χ1) is 17.0. The highest BCUT2D eigenvalue weighted by Gasteiger charge is 2.21. The maximum atomic E-state index is 12.3. The number of unbranched alkanes of at least 4 members (excludes halogenated alkanes) is 16. The van der Waals surface area contributed by atoms with Gasteiger partial charge in [0.25, 0.3) is 0 Å². The molecular formula is C30H56O5. The number of carbonyl (C=O) groups is 3. The fraction of sp³-hybridized carbons (Fsp3) is 0.900. The van der Waals surface area contributed by atoms with E-state index >= 15 is 0 Å². The highest BCUT2D eigenvalue weighted by molar-refractivity contribution is 5.85. The molecule has 0 fully saturated rings. The first-order valence-corrected chi connectivity index (χ1v) is 14.9. The Morgan fingerprint density at radius 3 is 1.49 bits per heavy atom. The second-order valence-corrected chi connectivity index (χ2v) is 10.2. The number of ether oxygens (including phenoxy) is 2. The predicted molar refractivity (Wildman–Crippen MR) is 144 cm³/mol. The SMILES string of the molecule is CCCCCCCCCCCOC(=O)CCCC(CCCCCCCCCCC)C(=O)OC(C)=O. The first-order valence-electron chi connectivity index (χ1n) is 14.9. The Hall–Kier alpha value is -1.39. The minimum atomic E-state index is -0.563. The van der Waals surface area contributed by atoms with Gasteiger partial charge in [0.05, 0.1) is 12.5 Å². The zero-order chi connectivity index (χ0) is 26.0. The third kappa shape index (κ3) is 24.1. The van der Waals surface area contributed by atoms with Crippen LogP contribution in [0.2, 0.25) is 0 Å². The first kappa shape index (κ1) is 33.6. The van der Waals surface area contributed by atoms with Gasteiger partial charge in [-0.05, 0) is 25.7 Å². The second kappa shape index (κ2) is 25.7. The van der Waals surface area contributed by atoms with Crippen molar-refractivity contribution in [1.82, 2.24) is 0 Å². The fourth-order valence-electron chi connectivity index (χ4n) is 4.47. The molecule has 0 bridgehead atoms. The smallest absolute Gasteiger partial charge is 0.316 e. The summed E-state index contributed by atoms with van der Waals surface area (Å²) in [5.41, 5.74) is 0. The van der Waals surface area contributed by atoms with Gasteiger partial charge in [0.2, 0.25) is 0 Å². The van der Waals surface area contributed by atoms with E-state index in [4.69, 9.17) is 9.47 Å². The van der Waals surface area contributed by atoms with Crippen LogP contribution in [0.5, 0.6) is 0 Å². The van der Waals surface area contributed by atoms with Crippen molar-refractivity contribution in [3.05, 3.63) is 0 Å². The van der Waals surface area contributed by atoms with Crippen molar-refractivity contribution < 1.29 is 23.9 Å². The normalized spacial score (nSPS) is 11.9. The van der Waals surface area contributed by atoms with E-state index < -0.39 is 11.9 Å². The summed E-state index contributed by atoms with van der Waals surface area (Å²) in [5, 5.41) is 0. The van der Waals surface area contributed by atoms with Crippen LogP contribution in [-0.4, -0.2) is 24.5 Å².